The monoisotopic (exact) mass is 256 g/mol. The van der Waals surface area contributed by atoms with E-state index in [0.29, 0.717) is 6.42 Å². The molecule has 2 aromatic carbocycles. The van der Waals surface area contributed by atoms with Gasteiger partial charge in [0.2, 0.25) is 0 Å². The zero-order valence-corrected chi connectivity index (χ0v) is 11.2. The van der Waals surface area contributed by atoms with Crippen molar-refractivity contribution < 1.29 is 10.2 Å². The van der Waals surface area contributed by atoms with Gasteiger partial charge in [-0.2, -0.15) is 0 Å². The average molecular weight is 256 g/mol. The van der Waals surface area contributed by atoms with E-state index in [9.17, 15) is 10.2 Å². The first-order valence-corrected chi connectivity index (χ1v) is 6.59. The molecule has 0 fully saturated rings. The largest absolute Gasteiger partial charge is 0.387 e. The summed E-state index contributed by atoms with van der Waals surface area (Å²) in [5.41, 5.74) is 0.792. The summed E-state index contributed by atoms with van der Waals surface area (Å²) >= 11 is 0. The van der Waals surface area contributed by atoms with Crippen molar-refractivity contribution in [3.8, 4) is 0 Å². The number of benzene rings is 2. The topological polar surface area (TPSA) is 40.5 Å². The van der Waals surface area contributed by atoms with Crippen molar-refractivity contribution in [2.75, 3.05) is 0 Å². The summed E-state index contributed by atoms with van der Waals surface area (Å²) in [6.07, 6.45) is 0.405. The standard InChI is InChI=1S/C17H20O2/c1-17(19,13-12-14-8-4-2-5-9-14)16(18)15-10-6-3-7-11-15/h2-11,16,18-19H,12-13H2,1H3/t16-,17-/m1/s1. The Morgan fingerprint density at radius 3 is 2.05 bits per heavy atom. The Balaban J connectivity index is 2.02. The quantitative estimate of drug-likeness (QED) is 0.863. The fraction of sp³-hybridized carbons (Fsp3) is 0.294. The van der Waals surface area contributed by atoms with Crippen molar-refractivity contribution in [1.82, 2.24) is 0 Å². The minimum Gasteiger partial charge on any atom is -0.387 e. The molecule has 100 valence electrons. The molecule has 2 nitrogen and oxygen atoms in total. The van der Waals surface area contributed by atoms with Gasteiger partial charge in [0.15, 0.2) is 0 Å². The summed E-state index contributed by atoms with van der Waals surface area (Å²) in [5.74, 6) is 0. The molecule has 2 heteroatoms. The number of rotatable bonds is 5. The first-order chi connectivity index (χ1) is 9.09. The highest BCUT2D eigenvalue weighted by molar-refractivity contribution is 5.21. The van der Waals surface area contributed by atoms with Crippen LogP contribution in [0.3, 0.4) is 0 Å². The molecule has 2 atom stereocenters. The van der Waals surface area contributed by atoms with E-state index in [4.69, 9.17) is 0 Å². The highest BCUT2D eigenvalue weighted by Crippen LogP contribution is 2.29. The van der Waals surface area contributed by atoms with Gasteiger partial charge in [-0.1, -0.05) is 60.7 Å². The Morgan fingerprint density at radius 2 is 1.47 bits per heavy atom. The van der Waals surface area contributed by atoms with E-state index in [0.717, 1.165) is 12.0 Å². The first-order valence-electron chi connectivity index (χ1n) is 6.59. The summed E-state index contributed by atoms with van der Waals surface area (Å²) in [4.78, 5) is 0. The van der Waals surface area contributed by atoms with Gasteiger partial charge in [0, 0.05) is 0 Å². The summed E-state index contributed by atoms with van der Waals surface area (Å²) in [6.45, 7) is 1.69. The van der Waals surface area contributed by atoms with Crippen molar-refractivity contribution in [2.45, 2.75) is 31.5 Å². The van der Waals surface area contributed by atoms with Crippen LogP contribution in [0.1, 0.15) is 30.6 Å². The minimum absolute atomic E-state index is 0.521. The van der Waals surface area contributed by atoms with Crippen LogP contribution in [-0.2, 0) is 6.42 Å². The van der Waals surface area contributed by atoms with Gasteiger partial charge in [-0.15, -0.1) is 0 Å². The predicted molar refractivity (Wildman–Crippen MR) is 76.8 cm³/mol. The van der Waals surface area contributed by atoms with Crippen LogP contribution in [0.25, 0.3) is 0 Å². The molecule has 0 heterocycles. The van der Waals surface area contributed by atoms with Crippen molar-refractivity contribution >= 4 is 0 Å². The molecule has 0 aliphatic heterocycles. The molecule has 0 bridgehead atoms. The Kier molecular flexibility index (Phi) is 4.35. The fourth-order valence-corrected chi connectivity index (χ4v) is 2.17. The number of aliphatic hydroxyl groups is 2. The summed E-state index contributed by atoms with van der Waals surface area (Å²) in [6, 6.07) is 19.3. The third kappa shape index (κ3) is 3.66. The van der Waals surface area contributed by atoms with Gasteiger partial charge in [-0.05, 0) is 30.9 Å². The van der Waals surface area contributed by atoms with E-state index in [1.165, 1.54) is 5.56 Å². The molecule has 0 spiro atoms. The van der Waals surface area contributed by atoms with E-state index in [1.807, 2.05) is 60.7 Å². The van der Waals surface area contributed by atoms with Crippen LogP contribution in [-0.4, -0.2) is 15.8 Å². The van der Waals surface area contributed by atoms with Gasteiger partial charge < -0.3 is 10.2 Å². The van der Waals surface area contributed by atoms with Crippen LogP contribution in [0.5, 0.6) is 0 Å². The Bertz CT molecular complexity index is 491. The Hall–Kier alpha value is -1.64. The van der Waals surface area contributed by atoms with E-state index in [1.54, 1.807) is 6.92 Å². The predicted octanol–water partition coefficient (Wildman–Crippen LogP) is 3.10. The van der Waals surface area contributed by atoms with Crippen LogP contribution in [0, 0.1) is 0 Å². The fourth-order valence-electron chi connectivity index (χ4n) is 2.17. The third-order valence-corrected chi connectivity index (χ3v) is 3.47. The maximum absolute atomic E-state index is 10.4. The Labute approximate surface area is 114 Å². The van der Waals surface area contributed by atoms with Gasteiger partial charge in [-0.3, -0.25) is 0 Å². The maximum Gasteiger partial charge on any atom is 0.107 e. The molecular formula is C17H20O2. The van der Waals surface area contributed by atoms with Crippen LogP contribution in [0.4, 0.5) is 0 Å². The van der Waals surface area contributed by atoms with Gasteiger partial charge in [0.25, 0.3) is 0 Å². The zero-order chi connectivity index (χ0) is 13.7. The lowest BCUT2D eigenvalue weighted by molar-refractivity contribution is -0.0687. The molecule has 0 amide bonds. The lowest BCUT2D eigenvalue weighted by Crippen LogP contribution is -2.33. The molecule has 2 rings (SSSR count). The molecule has 0 aliphatic rings. The summed E-state index contributed by atoms with van der Waals surface area (Å²) in [7, 11) is 0. The van der Waals surface area contributed by atoms with Gasteiger partial charge in [0.05, 0.1) is 5.60 Å². The van der Waals surface area contributed by atoms with E-state index < -0.39 is 11.7 Å². The number of hydrogen-bond donors (Lipinski definition) is 2. The van der Waals surface area contributed by atoms with Crippen molar-refractivity contribution in [3.63, 3.8) is 0 Å². The minimum atomic E-state index is -1.13. The number of hydrogen-bond acceptors (Lipinski definition) is 2. The summed E-state index contributed by atoms with van der Waals surface area (Å²) in [5, 5.41) is 20.7. The van der Waals surface area contributed by atoms with Crippen molar-refractivity contribution in [3.05, 3.63) is 71.8 Å². The molecule has 0 saturated carbocycles. The van der Waals surface area contributed by atoms with Crippen LogP contribution in [0.2, 0.25) is 0 Å². The second-order valence-electron chi connectivity index (χ2n) is 5.16. The van der Waals surface area contributed by atoms with Gasteiger partial charge in [0.1, 0.15) is 6.10 Å². The molecule has 0 aromatic heterocycles. The maximum atomic E-state index is 10.4. The molecule has 0 saturated heterocycles. The summed E-state index contributed by atoms with van der Waals surface area (Å²) < 4.78 is 0. The molecule has 0 aliphatic carbocycles. The van der Waals surface area contributed by atoms with Crippen molar-refractivity contribution in [2.24, 2.45) is 0 Å². The lowest BCUT2D eigenvalue weighted by atomic mass is 9.87. The molecule has 0 unspecified atom stereocenters. The lowest BCUT2D eigenvalue weighted by Gasteiger charge is -2.29. The molecule has 0 radical (unpaired) electrons. The SMILES string of the molecule is C[C@@](O)(CCc1ccccc1)[C@H](O)c1ccccc1. The van der Waals surface area contributed by atoms with Crippen LogP contribution < -0.4 is 0 Å². The van der Waals surface area contributed by atoms with Crippen molar-refractivity contribution in [1.29, 1.82) is 0 Å². The van der Waals surface area contributed by atoms with E-state index >= 15 is 0 Å². The molecular weight excluding hydrogens is 236 g/mol. The van der Waals surface area contributed by atoms with Crippen LogP contribution in [0.15, 0.2) is 60.7 Å². The second-order valence-corrected chi connectivity index (χ2v) is 5.16. The van der Waals surface area contributed by atoms with Crippen LogP contribution >= 0.6 is 0 Å². The Morgan fingerprint density at radius 1 is 0.947 bits per heavy atom. The zero-order valence-electron chi connectivity index (χ0n) is 11.2. The second kappa shape index (κ2) is 6.00. The number of aliphatic hydroxyl groups excluding tert-OH is 1. The highest BCUT2D eigenvalue weighted by Gasteiger charge is 2.30. The average Bonchev–Trinajstić information content (AvgIpc) is 2.46. The first kappa shape index (κ1) is 13.8. The normalized spacial score (nSPS) is 15.7. The third-order valence-electron chi connectivity index (χ3n) is 3.47. The smallest absolute Gasteiger partial charge is 0.107 e. The highest BCUT2D eigenvalue weighted by atomic mass is 16.3. The van der Waals surface area contributed by atoms with Gasteiger partial charge >= 0.3 is 0 Å². The molecule has 19 heavy (non-hydrogen) atoms. The molecule has 2 N–H and O–H groups in total. The number of aryl methyl sites for hydroxylation is 1. The van der Waals surface area contributed by atoms with E-state index in [2.05, 4.69) is 0 Å². The van der Waals surface area contributed by atoms with E-state index in [-0.39, 0.29) is 0 Å². The van der Waals surface area contributed by atoms with Gasteiger partial charge in [-0.25, -0.2) is 0 Å². The molecule has 2 aromatic rings.